The summed E-state index contributed by atoms with van der Waals surface area (Å²) in [4.78, 5) is 10.5. The Morgan fingerprint density at radius 2 is 2.00 bits per heavy atom. The zero-order chi connectivity index (χ0) is 11.0. The summed E-state index contributed by atoms with van der Waals surface area (Å²) >= 11 is 0. The molecule has 0 heterocycles. The zero-order valence-electron chi connectivity index (χ0n) is 7.69. The molecule has 6 heteroatoms. The summed E-state index contributed by atoms with van der Waals surface area (Å²) in [6.07, 6.45) is -3.02. The highest BCUT2D eigenvalue weighted by molar-refractivity contribution is 5.79. The van der Waals surface area contributed by atoms with Crippen molar-refractivity contribution >= 4 is 5.97 Å². The molecule has 0 aromatic carbocycles. The Morgan fingerprint density at radius 3 is 2.29 bits per heavy atom. The Balaban J connectivity index is 2.64. The highest BCUT2D eigenvalue weighted by Gasteiger charge is 2.57. The molecule has 1 saturated carbocycles. The monoisotopic (exact) mass is 211 g/mol. The maximum atomic E-state index is 12.4. The lowest BCUT2D eigenvalue weighted by Crippen LogP contribution is -2.60. The lowest BCUT2D eigenvalue weighted by Gasteiger charge is -2.28. The molecule has 14 heavy (non-hydrogen) atoms. The van der Waals surface area contributed by atoms with Crippen LogP contribution in [0.5, 0.6) is 0 Å². The summed E-state index contributed by atoms with van der Waals surface area (Å²) < 4.78 is 37.1. The van der Waals surface area contributed by atoms with Crippen LogP contribution in [0, 0.1) is 5.92 Å². The van der Waals surface area contributed by atoms with E-state index in [1.807, 2.05) is 0 Å². The number of carboxylic acids is 1. The fourth-order valence-corrected chi connectivity index (χ4v) is 0.968. The van der Waals surface area contributed by atoms with Gasteiger partial charge >= 0.3 is 12.1 Å². The van der Waals surface area contributed by atoms with E-state index in [1.165, 1.54) is 0 Å². The van der Waals surface area contributed by atoms with Crippen LogP contribution in [-0.2, 0) is 4.79 Å². The highest BCUT2D eigenvalue weighted by atomic mass is 19.4. The van der Waals surface area contributed by atoms with Gasteiger partial charge in [-0.15, -0.1) is 0 Å². The predicted octanol–water partition coefficient (Wildman–Crippen LogP) is 1.39. The average molecular weight is 211 g/mol. The van der Waals surface area contributed by atoms with Crippen LogP contribution in [0.15, 0.2) is 0 Å². The number of hydrogen-bond donors (Lipinski definition) is 2. The van der Waals surface area contributed by atoms with Gasteiger partial charge in [-0.3, -0.25) is 5.32 Å². The van der Waals surface area contributed by atoms with E-state index in [0.29, 0.717) is 6.92 Å². The molecule has 0 amide bonds. The molecule has 3 nitrogen and oxygen atoms in total. The molecule has 1 aliphatic rings. The Labute approximate surface area is 79.3 Å². The summed E-state index contributed by atoms with van der Waals surface area (Å²) in [5, 5.41) is 10.6. The number of alkyl halides is 3. The minimum Gasteiger partial charge on any atom is -0.480 e. The molecule has 0 bridgehead atoms. The average Bonchev–Trinajstić information content (AvgIpc) is 2.80. The predicted molar refractivity (Wildman–Crippen MR) is 42.8 cm³/mol. The number of carboxylic acid groups (broad SMARTS) is 1. The van der Waals surface area contributed by atoms with Crippen LogP contribution < -0.4 is 5.32 Å². The topological polar surface area (TPSA) is 49.3 Å². The van der Waals surface area contributed by atoms with E-state index in [-0.39, 0.29) is 12.5 Å². The maximum absolute atomic E-state index is 12.4. The van der Waals surface area contributed by atoms with Gasteiger partial charge in [0.05, 0.1) is 0 Å². The number of carbonyl (C=O) groups is 1. The molecule has 0 spiro atoms. The number of hydrogen-bond acceptors (Lipinski definition) is 2. The number of aliphatic carboxylic acids is 1. The molecule has 0 saturated heterocycles. The van der Waals surface area contributed by atoms with Gasteiger partial charge in [-0.2, -0.15) is 13.2 Å². The van der Waals surface area contributed by atoms with Crippen LogP contribution in [0.3, 0.4) is 0 Å². The van der Waals surface area contributed by atoms with E-state index in [9.17, 15) is 18.0 Å². The molecule has 1 aliphatic carbocycles. The minimum atomic E-state index is -4.77. The highest BCUT2D eigenvalue weighted by Crippen LogP contribution is 2.33. The molecule has 2 N–H and O–H groups in total. The first-order valence-corrected chi connectivity index (χ1v) is 4.32. The minimum absolute atomic E-state index is 0.113. The third kappa shape index (κ3) is 2.17. The van der Waals surface area contributed by atoms with Gasteiger partial charge in [0.15, 0.2) is 0 Å². The molecule has 0 aliphatic heterocycles. The second-order valence-corrected chi connectivity index (χ2v) is 3.75. The van der Waals surface area contributed by atoms with E-state index >= 15 is 0 Å². The maximum Gasteiger partial charge on any atom is 0.417 e. The smallest absolute Gasteiger partial charge is 0.417 e. The van der Waals surface area contributed by atoms with Crippen molar-refractivity contribution in [1.29, 1.82) is 0 Å². The first-order chi connectivity index (χ1) is 6.27. The van der Waals surface area contributed by atoms with Gasteiger partial charge in [-0.05, 0) is 32.2 Å². The molecule has 1 unspecified atom stereocenters. The first kappa shape index (κ1) is 11.3. The van der Waals surface area contributed by atoms with E-state index in [2.05, 4.69) is 5.32 Å². The largest absolute Gasteiger partial charge is 0.480 e. The molecule has 1 atom stereocenters. The molecular weight excluding hydrogens is 199 g/mol. The first-order valence-electron chi connectivity index (χ1n) is 4.32. The van der Waals surface area contributed by atoms with Crippen molar-refractivity contribution in [1.82, 2.24) is 5.32 Å². The van der Waals surface area contributed by atoms with Crippen LogP contribution in [0.1, 0.15) is 19.8 Å². The summed E-state index contributed by atoms with van der Waals surface area (Å²) in [6, 6.07) is 0. The lowest BCUT2D eigenvalue weighted by molar-refractivity contribution is -0.206. The van der Waals surface area contributed by atoms with Crippen molar-refractivity contribution in [3.05, 3.63) is 0 Å². The molecule has 82 valence electrons. The SMILES string of the molecule is CC(NCC1CC1)(C(=O)O)C(F)(F)F. The number of halogens is 3. The fraction of sp³-hybridized carbons (Fsp3) is 0.875. The summed E-state index contributed by atoms with van der Waals surface area (Å²) in [7, 11) is 0. The number of nitrogens with one attached hydrogen (secondary N) is 1. The van der Waals surface area contributed by atoms with E-state index in [1.54, 1.807) is 0 Å². The lowest BCUT2D eigenvalue weighted by atomic mass is 10.0. The van der Waals surface area contributed by atoms with Gasteiger partial charge in [-0.25, -0.2) is 4.79 Å². The Kier molecular flexibility index (Phi) is 2.76. The molecule has 0 aromatic rings. The Morgan fingerprint density at radius 1 is 1.50 bits per heavy atom. The third-order valence-corrected chi connectivity index (χ3v) is 2.44. The Bertz CT molecular complexity index is 237. The second-order valence-electron chi connectivity index (χ2n) is 3.75. The van der Waals surface area contributed by atoms with Crippen LogP contribution in [0.2, 0.25) is 0 Å². The fourth-order valence-electron chi connectivity index (χ4n) is 0.968. The van der Waals surface area contributed by atoms with E-state index in [4.69, 9.17) is 5.11 Å². The van der Waals surface area contributed by atoms with Gasteiger partial charge in [0, 0.05) is 0 Å². The van der Waals surface area contributed by atoms with Gasteiger partial charge in [0.2, 0.25) is 5.54 Å². The van der Waals surface area contributed by atoms with Crippen LogP contribution >= 0.6 is 0 Å². The quantitative estimate of drug-likeness (QED) is 0.738. The van der Waals surface area contributed by atoms with Gasteiger partial charge < -0.3 is 5.11 Å². The molecule has 0 radical (unpaired) electrons. The van der Waals surface area contributed by atoms with Crippen molar-refractivity contribution < 1.29 is 23.1 Å². The van der Waals surface area contributed by atoms with Crippen molar-refractivity contribution in [3.63, 3.8) is 0 Å². The van der Waals surface area contributed by atoms with E-state index < -0.39 is 17.7 Å². The van der Waals surface area contributed by atoms with Crippen LogP contribution in [0.4, 0.5) is 13.2 Å². The van der Waals surface area contributed by atoms with Crippen LogP contribution in [-0.4, -0.2) is 29.3 Å². The van der Waals surface area contributed by atoms with Gasteiger partial charge in [0.1, 0.15) is 0 Å². The summed E-state index contributed by atoms with van der Waals surface area (Å²) in [6.45, 7) is 0.764. The molecule has 1 fully saturated rings. The standard InChI is InChI=1S/C8H12F3NO2/c1-7(6(13)14,8(9,10)11)12-4-5-2-3-5/h5,12H,2-4H2,1H3,(H,13,14). The molecule has 1 rings (SSSR count). The van der Waals surface area contributed by atoms with Crippen molar-refractivity contribution in [2.45, 2.75) is 31.5 Å². The normalized spacial score (nSPS) is 21.7. The Hall–Kier alpha value is -0.780. The molecular formula is C8H12F3NO2. The van der Waals surface area contributed by atoms with Gasteiger partial charge in [0.25, 0.3) is 0 Å². The van der Waals surface area contributed by atoms with Crippen molar-refractivity contribution in [2.75, 3.05) is 6.54 Å². The summed E-state index contributed by atoms with van der Waals surface area (Å²) in [5.74, 6) is -1.68. The van der Waals surface area contributed by atoms with E-state index in [0.717, 1.165) is 12.8 Å². The zero-order valence-corrected chi connectivity index (χ0v) is 7.69. The molecule has 0 aromatic heterocycles. The summed E-state index contributed by atoms with van der Waals surface area (Å²) in [5.41, 5.74) is -2.82. The van der Waals surface area contributed by atoms with Crippen molar-refractivity contribution in [2.24, 2.45) is 5.92 Å². The number of rotatable bonds is 4. The third-order valence-electron chi connectivity index (χ3n) is 2.44. The van der Waals surface area contributed by atoms with Crippen molar-refractivity contribution in [3.8, 4) is 0 Å². The van der Waals surface area contributed by atoms with Gasteiger partial charge in [-0.1, -0.05) is 0 Å². The second kappa shape index (κ2) is 3.42. The van der Waals surface area contributed by atoms with Crippen LogP contribution in [0.25, 0.3) is 0 Å².